The highest BCUT2D eigenvalue weighted by atomic mass is 35.5. The molecule has 0 unspecified atom stereocenters. The molecule has 3 rings (SSSR count). The topological polar surface area (TPSA) is 47.0 Å². The maximum atomic E-state index is 13.8. The zero-order valence-electron chi connectivity index (χ0n) is 13.0. The summed E-state index contributed by atoms with van der Waals surface area (Å²) in [5.74, 6) is -1.08. The Morgan fingerprint density at radius 1 is 1.04 bits per heavy atom. The minimum atomic E-state index is -0.647. The largest absolute Gasteiger partial charge is 0.459 e. The monoisotopic (exact) mass is 361 g/mol. The van der Waals surface area contributed by atoms with Crippen LogP contribution in [0.2, 0.25) is 5.02 Å². The fourth-order valence-corrected chi connectivity index (χ4v) is 2.35. The van der Waals surface area contributed by atoms with E-state index in [9.17, 15) is 8.78 Å². The molecule has 0 radical (unpaired) electrons. The third kappa shape index (κ3) is 4.64. The Hall–Kier alpha value is -2.73. The van der Waals surface area contributed by atoms with Gasteiger partial charge in [0.1, 0.15) is 12.4 Å². The molecule has 0 saturated heterocycles. The van der Waals surface area contributed by atoms with Gasteiger partial charge in [-0.3, -0.25) is 0 Å². The molecule has 25 heavy (non-hydrogen) atoms. The average molecular weight is 362 g/mol. The molecule has 7 heteroatoms. The molecule has 0 aliphatic heterocycles. The minimum absolute atomic E-state index is 0.0115. The van der Waals surface area contributed by atoms with Crippen LogP contribution in [0.25, 0.3) is 0 Å². The minimum Gasteiger partial charge on any atom is -0.459 e. The molecule has 4 nitrogen and oxygen atoms in total. The Morgan fingerprint density at radius 3 is 2.68 bits per heavy atom. The van der Waals surface area contributed by atoms with Gasteiger partial charge in [-0.25, -0.2) is 13.8 Å². The summed E-state index contributed by atoms with van der Waals surface area (Å²) in [5, 5.41) is 3.34. The van der Waals surface area contributed by atoms with Crippen LogP contribution in [0.4, 0.5) is 14.6 Å². The molecule has 2 aromatic carbocycles. The normalized spacial score (nSPS) is 10.5. The van der Waals surface area contributed by atoms with Crippen molar-refractivity contribution in [3.8, 4) is 6.01 Å². The van der Waals surface area contributed by atoms with Crippen molar-refractivity contribution in [2.75, 3.05) is 5.32 Å². The zero-order valence-corrected chi connectivity index (χ0v) is 13.8. The van der Waals surface area contributed by atoms with Crippen molar-refractivity contribution in [3.05, 3.63) is 82.5 Å². The lowest BCUT2D eigenvalue weighted by atomic mass is 10.2. The van der Waals surface area contributed by atoms with Crippen LogP contribution in [0.1, 0.15) is 11.1 Å². The van der Waals surface area contributed by atoms with Gasteiger partial charge < -0.3 is 10.1 Å². The van der Waals surface area contributed by atoms with Gasteiger partial charge in [-0.15, -0.1) is 0 Å². The number of halogens is 3. The second kappa shape index (κ2) is 7.90. The second-order valence-corrected chi connectivity index (χ2v) is 5.65. The Morgan fingerprint density at radius 2 is 1.88 bits per heavy atom. The Kier molecular flexibility index (Phi) is 5.40. The van der Waals surface area contributed by atoms with Crippen molar-refractivity contribution in [1.82, 2.24) is 9.97 Å². The van der Waals surface area contributed by atoms with Crippen LogP contribution in [0, 0.1) is 11.6 Å². The summed E-state index contributed by atoms with van der Waals surface area (Å²) < 4.78 is 32.9. The molecule has 1 heterocycles. The third-order valence-corrected chi connectivity index (χ3v) is 3.62. The van der Waals surface area contributed by atoms with Crippen LogP contribution >= 0.6 is 11.6 Å². The van der Waals surface area contributed by atoms with E-state index >= 15 is 0 Å². The highest BCUT2D eigenvalue weighted by Gasteiger charge is 2.09. The molecule has 0 fully saturated rings. The molecule has 0 amide bonds. The van der Waals surface area contributed by atoms with Crippen LogP contribution in [0.3, 0.4) is 0 Å². The van der Waals surface area contributed by atoms with Crippen molar-refractivity contribution in [2.24, 2.45) is 0 Å². The number of anilines is 1. The molecule has 1 aromatic heterocycles. The lowest BCUT2D eigenvalue weighted by molar-refractivity contribution is 0.280. The molecule has 0 bridgehead atoms. The Bertz CT molecular complexity index is 876. The standard InChI is InChI=1S/C18H14ClF2N3O/c19-14-6-3-4-12(8-14)11-25-18-23-10-16(21)17(24-18)22-9-13-5-1-2-7-15(13)20/h1-8,10H,9,11H2,(H,22,23,24). The van der Waals surface area contributed by atoms with Crippen LogP contribution in [-0.4, -0.2) is 9.97 Å². The van der Waals surface area contributed by atoms with E-state index in [2.05, 4.69) is 15.3 Å². The van der Waals surface area contributed by atoms with E-state index in [0.29, 0.717) is 10.6 Å². The van der Waals surface area contributed by atoms with Gasteiger partial charge in [0, 0.05) is 17.1 Å². The molecule has 128 valence electrons. The van der Waals surface area contributed by atoms with E-state index in [4.69, 9.17) is 16.3 Å². The van der Waals surface area contributed by atoms with Crippen LogP contribution in [-0.2, 0) is 13.2 Å². The number of ether oxygens (including phenoxy) is 1. The molecule has 3 aromatic rings. The van der Waals surface area contributed by atoms with E-state index in [1.165, 1.54) is 6.07 Å². The number of benzene rings is 2. The quantitative estimate of drug-likeness (QED) is 0.697. The number of hydrogen-bond acceptors (Lipinski definition) is 4. The number of aromatic nitrogens is 2. The Labute approximate surface area is 148 Å². The zero-order chi connectivity index (χ0) is 17.6. The summed E-state index contributed by atoms with van der Waals surface area (Å²) in [6.07, 6.45) is 1.00. The molecule has 0 aliphatic carbocycles. The summed E-state index contributed by atoms with van der Waals surface area (Å²) >= 11 is 5.91. The summed E-state index contributed by atoms with van der Waals surface area (Å²) in [6.45, 7) is 0.285. The lowest BCUT2D eigenvalue weighted by Gasteiger charge is -2.09. The van der Waals surface area contributed by atoms with Crippen LogP contribution in [0.15, 0.2) is 54.7 Å². The van der Waals surface area contributed by atoms with E-state index < -0.39 is 5.82 Å². The summed E-state index contributed by atoms with van der Waals surface area (Å²) in [4.78, 5) is 7.77. The first kappa shape index (κ1) is 17.1. The maximum absolute atomic E-state index is 13.8. The van der Waals surface area contributed by atoms with Gasteiger partial charge in [-0.2, -0.15) is 4.98 Å². The fraction of sp³-hybridized carbons (Fsp3) is 0.111. The number of hydrogen-bond donors (Lipinski definition) is 1. The van der Waals surface area contributed by atoms with E-state index in [0.717, 1.165) is 11.8 Å². The van der Waals surface area contributed by atoms with Gasteiger partial charge in [0.25, 0.3) is 0 Å². The van der Waals surface area contributed by atoms with Crippen LogP contribution < -0.4 is 10.1 Å². The molecule has 0 aliphatic rings. The number of nitrogens with one attached hydrogen (secondary N) is 1. The maximum Gasteiger partial charge on any atom is 0.318 e. The van der Waals surface area contributed by atoms with E-state index in [1.807, 2.05) is 6.07 Å². The third-order valence-electron chi connectivity index (χ3n) is 3.38. The van der Waals surface area contributed by atoms with Crippen molar-refractivity contribution < 1.29 is 13.5 Å². The second-order valence-electron chi connectivity index (χ2n) is 5.21. The predicted molar refractivity (Wildman–Crippen MR) is 91.5 cm³/mol. The van der Waals surface area contributed by atoms with Gasteiger partial charge in [0.05, 0.1) is 6.20 Å². The molecule has 1 N–H and O–H groups in total. The van der Waals surface area contributed by atoms with Crippen molar-refractivity contribution >= 4 is 17.4 Å². The van der Waals surface area contributed by atoms with Gasteiger partial charge >= 0.3 is 6.01 Å². The Balaban J connectivity index is 1.67. The van der Waals surface area contributed by atoms with Crippen molar-refractivity contribution in [3.63, 3.8) is 0 Å². The number of nitrogens with zero attached hydrogens (tertiary/aromatic N) is 2. The number of rotatable bonds is 6. The average Bonchev–Trinajstić information content (AvgIpc) is 2.61. The first-order valence-corrected chi connectivity index (χ1v) is 7.86. The van der Waals surface area contributed by atoms with E-state index in [-0.39, 0.29) is 30.8 Å². The van der Waals surface area contributed by atoms with Gasteiger partial charge in [-0.05, 0) is 23.8 Å². The van der Waals surface area contributed by atoms with Gasteiger partial charge in [-0.1, -0.05) is 41.9 Å². The van der Waals surface area contributed by atoms with Crippen molar-refractivity contribution in [1.29, 1.82) is 0 Å². The molecule has 0 spiro atoms. The molecule has 0 atom stereocenters. The van der Waals surface area contributed by atoms with Crippen molar-refractivity contribution in [2.45, 2.75) is 13.2 Å². The SMILES string of the molecule is Fc1ccccc1CNc1nc(OCc2cccc(Cl)c2)ncc1F. The summed E-state index contributed by atoms with van der Waals surface area (Å²) in [6, 6.07) is 13.4. The smallest absolute Gasteiger partial charge is 0.318 e. The van der Waals surface area contributed by atoms with Gasteiger partial charge in [0.2, 0.25) is 0 Å². The predicted octanol–water partition coefficient (Wildman–Crippen LogP) is 4.60. The lowest BCUT2D eigenvalue weighted by Crippen LogP contribution is -2.08. The highest BCUT2D eigenvalue weighted by Crippen LogP contribution is 2.17. The molecule has 0 saturated carbocycles. The van der Waals surface area contributed by atoms with Gasteiger partial charge in [0.15, 0.2) is 11.6 Å². The fourth-order valence-electron chi connectivity index (χ4n) is 2.14. The molecular weight excluding hydrogens is 348 g/mol. The highest BCUT2D eigenvalue weighted by molar-refractivity contribution is 6.30. The molecular formula is C18H14ClF2N3O. The first-order valence-electron chi connectivity index (χ1n) is 7.49. The summed E-state index contributed by atoms with van der Waals surface area (Å²) in [7, 11) is 0. The summed E-state index contributed by atoms with van der Waals surface area (Å²) in [5.41, 5.74) is 1.24. The van der Waals surface area contributed by atoms with E-state index in [1.54, 1.807) is 36.4 Å². The first-order chi connectivity index (χ1) is 12.1. The van der Waals surface area contributed by atoms with Crippen LogP contribution in [0.5, 0.6) is 6.01 Å².